The summed E-state index contributed by atoms with van der Waals surface area (Å²) in [7, 11) is 0. The van der Waals surface area contributed by atoms with Crippen molar-refractivity contribution in [1.29, 1.82) is 0 Å². The number of ether oxygens (including phenoxy) is 1. The van der Waals surface area contributed by atoms with E-state index in [1.54, 1.807) is 48.5 Å². The van der Waals surface area contributed by atoms with Gasteiger partial charge in [-0.05, 0) is 61.4 Å². The van der Waals surface area contributed by atoms with Crippen LogP contribution in [0.4, 0.5) is 5.69 Å². The Morgan fingerprint density at radius 2 is 1.65 bits per heavy atom. The molecule has 0 saturated heterocycles. The highest BCUT2D eigenvalue weighted by molar-refractivity contribution is 6.30. The van der Waals surface area contributed by atoms with Crippen molar-refractivity contribution < 1.29 is 14.3 Å². The first kappa shape index (κ1) is 19.8. The van der Waals surface area contributed by atoms with E-state index in [1.807, 2.05) is 20.8 Å². The van der Waals surface area contributed by atoms with E-state index in [1.165, 1.54) is 0 Å². The summed E-state index contributed by atoms with van der Waals surface area (Å²) in [5, 5.41) is 6.16. The van der Waals surface area contributed by atoms with Gasteiger partial charge in [-0.3, -0.25) is 9.59 Å². The number of halogens is 1. The van der Waals surface area contributed by atoms with Crippen LogP contribution in [0.2, 0.25) is 5.02 Å². The molecule has 0 saturated carbocycles. The van der Waals surface area contributed by atoms with Gasteiger partial charge in [-0.1, -0.05) is 25.4 Å². The third-order valence-electron chi connectivity index (χ3n) is 3.78. The molecule has 2 N–H and O–H groups in total. The number of hydrogen-bond donors (Lipinski definition) is 2. The van der Waals surface area contributed by atoms with Gasteiger partial charge in [0.25, 0.3) is 5.91 Å². The predicted molar refractivity (Wildman–Crippen MR) is 104 cm³/mol. The fraction of sp³-hybridized carbons (Fsp3) is 0.300. The number of rotatable bonds is 7. The lowest BCUT2D eigenvalue weighted by Gasteiger charge is -2.22. The van der Waals surface area contributed by atoms with Gasteiger partial charge >= 0.3 is 0 Å². The zero-order valence-corrected chi connectivity index (χ0v) is 15.8. The van der Waals surface area contributed by atoms with Crippen molar-refractivity contribution in [3.8, 4) is 5.75 Å². The molecule has 26 heavy (non-hydrogen) atoms. The molecule has 0 heterocycles. The normalized spacial score (nSPS) is 11.7. The van der Waals surface area contributed by atoms with Gasteiger partial charge in [0.2, 0.25) is 5.91 Å². The highest BCUT2D eigenvalue weighted by atomic mass is 35.5. The van der Waals surface area contributed by atoms with Crippen molar-refractivity contribution in [2.75, 3.05) is 11.9 Å². The van der Waals surface area contributed by atoms with Crippen molar-refractivity contribution in [1.82, 2.24) is 5.32 Å². The van der Waals surface area contributed by atoms with Crippen LogP contribution < -0.4 is 15.4 Å². The fourth-order valence-corrected chi connectivity index (χ4v) is 2.51. The molecule has 0 aliphatic rings. The van der Waals surface area contributed by atoms with E-state index in [4.69, 9.17) is 16.3 Å². The van der Waals surface area contributed by atoms with Gasteiger partial charge in [-0.15, -0.1) is 0 Å². The lowest BCUT2D eigenvalue weighted by Crippen LogP contribution is -2.47. The molecule has 2 aromatic carbocycles. The number of nitrogens with one attached hydrogen (secondary N) is 2. The minimum Gasteiger partial charge on any atom is -0.494 e. The van der Waals surface area contributed by atoms with E-state index in [9.17, 15) is 9.59 Å². The summed E-state index contributed by atoms with van der Waals surface area (Å²) in [5.41, 5.74) is 1.10. The van der Waals surface area contributed by atoms with Crippen molar-refractivity contribution in [3.05, 3.63) is 59.1 Å². The summed E-state index contributed by atoms with van der Waals surface area (Å²) in [4.78, 5) is 25.0. The average Bonchev–Trinajstić information content (AvgIpc) is 2.61. The smallest absolute Gasteiger partial charge is 0.251 e. The molecule has 0 fully saturated rings. The van der Waals surface area contributed by atoms with Crippen LogP contribution in [0.5, 0.6) is 5.75 Å². The lowest BCUT2D eigenvalue weighted by molar-refractivity contribution is -0.118. The number of benzene rings is 2. The molecule has 0 unspecified atom stereocenters. The fourth-order valence-electron chi connectivity index (χ4n) is 2.38. The Labute approximate surface area is 158 Å². The highest BCUT2D eigenvalue weighted by Gasteiger charge is 2.24. The molecule has 0 aromatic heterocycles. The van der Waals surface area contributed by atoms with Crippen LogP contribution in [-0.4, -0.2) is 24.5 Å². The lowest BCUT2D eigenvalue weighted by atomic mass is 10.0. The van der Waals surface area contributed by atoms with E-state index < -0.39 is 6.04 Å². The zero-order chi connectivity index (χ0) is 19.1. The molecular formula is C20H23ClN2O3. The summed E-state index contributed by atoms with van der Waals surface area (Å²) in [6, 6.07) is 13.0. The SMILES string of the molecule is CCOc1ccc(NC(=O)[C@H](NC(=O)c2ccc(Cl)cc2)C(C)C)cc1. The van der Waals surface area contributed by atoms with Crippen LogP contribution >= 0.6 is 11.6 Å². The topological polar surface area (TPSA) is 67.4 Å². The number of hydrogen-bond acceptors (Lipinski definition) is 3. The van der Waals surface area contributed by atoms with Crippen LogP contribution in [0.3, 0.4) is 0 Å². The maximum Gasteiger partial charge on any atom is 0.251 e. The van der Waals surface area contributed by atoms with Gasteiger partial charge in [-0.2, -0.15) is 0 Å². The molecule has 2 amide bonds. The summed E-state index contributed by atoms with van der Waals surface area (Å²) in [6.45, 7) is 6.25. The molecule has 0 bridgehead atoms. The van der Waals surface area contributed by atoms with E-state index in [2.05, 4.69) is 10.6 Å². The number of anilines is 1. The summed E-state index contributed by atoms with van der Waals surface area (Å²) in [5.74, 6) is 0.0737. The second-order valence-corrected chi connectivity index (χ2v) is 6.59. The Hall–Kier alpha value is -2.53. The van der Waals surface area contributed by atoms with Crippen molar-refractivity contribution in [2.45, 2.75) is 26.8 Å². The second kappa shape index (κ2) is 9.25. The Balaban J connectivity index is 2.04. The van der Waals surface area contributed by atoms with Crippen molar-refractivity contribution in [3.63, 3.8) is 0 Å². The van der Waals surface area contributed by atoms with Crippen LogP contribution in [-0.2, 0) is 4.79 Å². The third kappa shape index (κ3) is 5.49. The van der Waals surface area contributed by atoms with Crippen molar-refractivity contribution in [2.24, 2.45) is 5.92 Å². The molecule has 5 nitrogen and oxygen atoms in total. The zero-order valence-electron chi connectivity index (χ0n) is 15.1. The third-order valence-corrected chi connectivity index (χ3v) is 4.03. The van der Waals surface area contributed by atoms with E-state index in [0.717, 1.165) is 5.75 Å². The van der Waals surface area contributed by atoms with Crippen LogP contribution in [0, 0.1) is 5.92 Å². The quantitative estimate of drug-likeness (QED) is 0.765. The second-order valence-electron chi connectivity index (χ2n) is 6.15. The average molecular weight is 375 g/mol. The van der Waals surface area contributed by atoms with Crippen LogP contribution in [0.1, 0.15) is 31.1 Å². The maximum atomic E-state index is 12.6. The molecule has 0 aliphatic carbocycles. The van der Waals surface area contributed by atoms with Crippen LogP contribution in [0.25, 0.3) is 0 Å². The van der Waals surface area contributed by atoms with Gasteiger partial charge in [0, 0.05) is 16.3 Å². The van der Waals surface area contributed by atoms with Crippen LogP contribution in [0.15, 0.2) is 48.5 Å². The molecular weight excluding hydrogens is 352 g/mol. The van der Waals surface area contributed by atoms with Gasteiger partial charge in [-0.25, -0.2) is 0 Å². The molecule has 2 rings (SSSR count). The largest absolute Gasteiger partial charge is 0.494 e. The minimum atomic E-state index is -0.662. The van der Waals surface area contributed by atoms with Gasteiger partial charge in [0.1, 0.15) is 11.8 Å². The molecule has 2 aromatic rings. The molecule has 0 aliphatic heterocycles. The Kier molecular flexibility index (Phi) is 7.04. The number of carbonyl (C=O) groups is 2. The van der Waals surface area contributed by atoms with Crippen molar-refractivity contribution >= 4 is 29.1 Å². The molecule has 138 valence electrons. The van der Waals surface area contributed by atoms with E-state index in [-0.39, 0.29) is 17.7 Å². The first-order chi connectivity index (χ1) is 12.4. The number of carbonyl (C=O) groups excluding carboxylic acids is 2. The monoisotopic (exact) mass is 374 g/mol. The van der Waals surface area contributed by atoms with Gasteiger partial charge in [0.15, 0.2) is 0 Å². The van der Waals surface area contributed by atoms with Gasteiger partial charge in [0.05, 0.1) is 6.61 Å². The summed E-state index contributed by atoms with van der Waals surface area (Å²) in [6.07, 6.45) is 0. The standard InChI is InChI=1S/C20H23ClN2O3/c1-4-26-17-11-9-16(10-12-17)22-20(25)18(13(2)3)23-19(24)14-5-7-15(21)8-6-14/h5-13,18H,4H2,1-3H3,(H,22,25)(H,23,24)/t18-/m1/s1. The first-order valence-electron chi connectivity index (χ1n) is 8.51. The molecule has 6 heteroatoms. The van der Waals surface area contributed by atoms with E-state index >= 15 is 0 Å². The summed E-state index contributed by atoms with van der Waals surface area (Å²) >= 11 is 5.84. The maximum absolute atomic E-state index is 12.6. The Morgan fingerprint density at radius 3 is 2.19 bits per heavy atom. The summed E-state index contributed by atoms with van der Waals surface area (Å²) < 4.78 is 5.38. The Morgan fingerprint density at radius 1 is 1.04 bits per heavy atom. The molecule has 0 radical (unpaired) electrons. The Bertz CT molecular complexity index is 743. The highest BCUT2D eigenvalue weighted by Crippen LogP contribution is 2.17. The molecule has 1 atom stereocenters. The minimum absolute atomic E-state index is 0.0750. The predicted octanol–water partition coefficient (Wildman–Crippen LogP) is 4.13. The number of amides is 2. The van der Waals surface area contributed by atoms with Gasteiger partial charge < -0.3 is 15.4 Å². The first-order valence-corrected chi connectivity index (χ1v) is 8.88. The van der Waals surface area contributed by atoms with E-state index in [0.29, 0.717) is 22.9 Å². The molecule has 0 spiro atoms.